The van der Waals surface area contributed by atoms with Crippen LogP contribution in [0.15, 0.2) is 316 Å². The average molecular weight is 1770 g/mol. The monoisotopic (exact) mass is 1770 g/mol. The number of aliphatic carboxylic acids is 4. The van der Waals surface area contributed by atoms with E-state index in [9.17, 15) is 48.6 Å². The van der Waals surface area contributed by atoms with E-state index in [2.05, 4.69) is 41.3 Å². The summed E-state index contributed by atoms with van der Waals surface area (Å²) in [5.74, 6) is -2.05. The Morgan fingerprint density at radius 1 is 0.353 bits per heavy atom. The van der Waals surface area contributed by atoms with E-state index in [1.165, 1.54) is 0 Å². The molecule has 7 heterocycles. The van der Waals surface area contributed by atoms with Crippen molar-refractivity contribution >= 4 is 136 Å². The molecule has 0 saturated carbocycles. The maximum absolute atomic E-state index is 13.1. The molecule has 1 atom stereocenters. The Kier molecular flexibility index (Phi) is 26.1. The Bertz CT molecular complexity index is 7440. The van der Waals surface area contributed by atoms with Gasteiger partial charge in [-0.2, -0.15) is 20.4 Å². The molecule has 0 bridgehead atoms. The summed E-state index contributed by atoms with van der Waals surface area (Å²) in [6, 6.07) is 96.2. The largest absolute Gasteiger partial charge is 0.486 e. The van der Waals surface area contributed by atoms with E-state index in [1.54, 1.807) is 68.6 Å². The third kappa shape index (κ3) is 21.0. The molecule has 29 heteroatoms. The SMILES string of the molecule is CN(C(=O)c1ccc2ccccc2c1)c1ccc(Cn2nc(CC(=O)O)c3ccccc32)cc1.O=C(O)Cc1nn(Cc2ccc(NC(=O)C3COc4ccccc4O3)cc2)c2ccccc12.O=C(O)Cc1nn(Cc2ccc(NC(=O)c3ccc4c(c3)OCCO4)cc2)c2ccccc12.O=C(O)Cc1nn(Cc2ccc(NC(=O)c3ccc4ccccc4c3)cc2)c2ncccc12. The minimum Gasteiger partial charge on any atom is -0.486 e. The van der Waals surface area contributed by atoms with Crippen LogP contribution < -0.4 is 39.8 Å². The molecule has 0 fully saturated rings. The summed E-state index contributed by atoms with van der Waals surface area (Å²) in [6.07, 6.45) is 0.399. The van der Waals surface area contributed by atoms with Crippen molar-refractivity contribution < 1.29 is 77.7 Å². The number of anilines is 4. The van der Waals surface area contributed by atoms with Gasteiger partial charge in [-0.05, 0) is 177 Å². The first-order valence-corrected chi connectivity index (χ1v) is 42.5. The highest BCUT2D eigenvalue weighted by atomic mass is 16.6. The van der Waals surface area contributed by atoms with E-state index in [1.807, 2.05) is 278 Å². The van der Waals surface area contributed by atoms with E-state index in [0.29, 0.717) is 125 Å². The lowest BCUT2D eigenvalue weighted by Gasteiger charge is -2.25. The number of nitrogens with zero attached hydrogens (tertiary/aromatic N) is 10. The van der Waals surface area contributed by atoms with Crippen LogP contribution in [0.4, 0.5) is 22.7 Å². The van der Waals surface area contributed by atoms with Gasteiger partial charge in [0.2, 0.25) is 6.10 Å². The molecular formula is C104H85N13O16. The van der Waals surface area contributed by atoms with Gasteiger partial charge in [0.1, 0.15) is 19.8 Å². The summed E-state index contributed by atoms with van der Waals surface area (Å²) in [7, 11) is 1.77. The number of nitrogens with one attached hydrogen (secondary N) is 3. The molecule has 662 valence electrons. The summed E-state index contributed by atoms with van der Waals surface area (Å²) in [5.41, 5.74) is 13.8. The van der Waals surface area contributed by atoms with Gasteiger partial charge < -0.3 is 60.2 Å². The third-order valence-electron chi connectivity index (χ3n) is 22.3. The highest BCUT2D eigenvalue weighted by Gasteiger charge is 2.29. The number of pyridine rings is 1. The number of amides is 4. The van der Waals surface area contributed by atoms with Crippen LogP contribution in [0.2, 0.25) is 0 Å². The fourth-order valence-corrected chi connectivity index (χ4v) is 15.8. The van der Waals surface area contributed by atoms with E-state index in [-0.39, 0.29) is 55.9 Å². The standard InChI is InChI=1S/C28H23N3O3.C26H20N4O3.2C25H21N3O5/c1-30(28(34)22-13-12-20-6-2-3-7-21(20)16-22)23-14-10-19(11-15-23)18-31-26-9-5-4-8-24(26)25(29-31)17-27(32)33;31-24(32)15-23-22-6-3-13-27-25(22)30(29-23)16-17-7-11-21(12-8-17)28-26(33)20-10-9-18-4-1-2-5-19(18)14-20;29-24(30)13-19-18-5-1-2-6-20(18)28(27-19)14-16-9-11-17(12-10-16)26-25(31)23-15-32-21-7-3-4-8-22(21)33-23;29-24(30)14-20-19-3-1-2-4-21(19)28(27-20)15-16-5-8-18(9-6-16)26-25(31)17-7-10-22-23(13-17)33-12-11-32-22/h2-16H,17-18H2,1H3,(H,32,33);1-14H,15-16H2,(H,28,33)(H,31,32);1-12,23H,13-15H2,(H,26,31)(H,29,30);1-10,13H,11-12,14-15H2,(H,26,31)(H,29,30). The van der Waals surface area contributed by atoms with Gasteiger partial charge in [0.25, 0.3) is 23.6 Å². The zero-order valence-electron chi connectivity index (χ0n) is 71.5. The molecule has 133 heavy (non-hydrogen) atoms. The predicted octanol–water partition coefficient (Wildman–Crippen LogP) is 16.9. The first-order valence-electron chi connectivity index (χ1n) is 42.5. The van der Waals surface area contributed by atoms with Crippen LogP contribution in [0.1, 0.15) is 76.1 Å². The molecule has 0 aliphatic carbocycles. The summed E-state index contributed by atoms with van der Waals surface area (Å²) >= 11 is 0. The number of carboxylic acids is 4. The molecule has 0 radical (unpaired) electrons. The van der Waals surface area contributed by atoms with Gasteiger partial charge in [-0.25, -0.2) is 9.67 Å². The van der Waals surface area contributed by atoms with Crippen LogP contribution in [0, 0.1) is 0 Å². The van der Waals surface area contributed by atoms with Crippen molar-refractivity contribution in [3.63, 3.8) is 0 Å². The number of carboxylic acid groups (broad SMARTS) is 4. The minimum absolute atomic E-state index is 0.0742. The van der Waals surface area contributed by atoms with Crippen molar-refractivity contribution in [3.8, 4) is 23.0 Å². The summed E-state index contributed by atoms with van der Waals surface area (Å²) in [4.78, 5) is 102. The van der Waals surface area contributed by atoms with Crippen molar-refractivity contribution in [2.45, 2.75) is 58.0 Å². The summed E-state index contributed by atoms with van der Waals surface area (Å²) in [6.45, 7) is 3.00. The zero-order chi connectivity index (χ0) is 92.0. The second-order valence-corrected chi connectivity index (χ2v) is 31.5. The van der Waals surface area contributed by atoms with Crippen molar-refractivity contribution in [1.29, 1.82) is 0 Å². The number of para-hydroxylation sites is 5. The molecule has 2 aliphatic heterocycles. The molecule has 29 nitrogen and oxygen atoms in total. The number of benzene rings is 13. The molecule has 20 rings (SSSR count). The number of rotatable bonds is 24. The summed E-state index contributed by atoms with van der Waals surface area (Å²) < 4.78 is 29.5. The smallest absolute Gasteiger partial charge is 0.309 e. The maximum atomic E-state index is 13.1. The average Bonchev–Trinajstić information content (AvgIpc) is 1.66. The fraction of sp³-hybridized carbons (Fsp3) is 0.125. The minimum atomic E-state index is -0.933. The summed E-state index contributed by atoms with van der Waals surface area (Å²) in [5, 5.41) is 70.9. The number of carbonyl (C=O) groups excluding carboxylic acids is 4. The lowest BCUT2D eigenvalue weighted by atomic mass is 10.1. The zero-order valence-corrected chi connectivity index (χ0v) is 71.5. The molecule has 1 unspecified atom stereocenters. The topological polar surface area (TPSA) is 378 Å². The normalized spacial score (nSPS) is 12.3. The van der Waals surface area contributed by atoms with Crippen molar-refractivity contribution in [1.82, 2.24) is 44.1 Å². The number of carbonyl (C=O) groups is 8. The number of fused-ring (bicyclic) bond motifs is 8. The molecule has 4 amide bonds. The maximum Gasteiger partial charge on any atom is 0.309 e. The quantitative estimate of drug-likeness (QED) is 0.0295. The van der Waals surface area contributed by atoms with Crippen LogP contribution in [-0.4, -0.2) is 145 Å². The lowest BCUT2D eigenvalue weighted by molar-refractivity contribution is -0.137. The Hall–Kier alpha value is -17.6. The van der Waals surface area contributed by atoms with E-state index in [0.717, 1.165) is 87.6 Å². The van der Waals surface area contributed by atoms with Crippen LogP contribution in [0.3, 0.4) is 0 Å². The highest BCUT2D eigenvalue weighted by Crippen LogP contribution is 2.35. The van der Waals surface area contributed by atoms with Gasteiger partial charge in [0.05, 0.1) is 91.2 Å². The Morgan fingerprint density at radius 2 is 0.722 bits per heavy atom. The first-order chi connectivity index (χ1) is 64.7. The number of ether oxygens (including phenoxy) is 4. The van der Waals surface area contributed by atoms with Gasteiger partial charge in [-0.15, -0.1) is 0 Å². The fourth-order valence-electron chi connectivity index (χ4n) is 15.8. The third-order valence-corrected chi connectivity index (χ3v) is 22.3. The Labute approximate surface area is 759 Å². The molecule has 0 spiro atoms. The van der Waals surface area contributed by atoms with Crippen molar-refractivity contribution in [2.75, 3.05) is 47.7 Å². The number of hydrogen-bond donors (Lipinski definition) is 7. The number of hydrogen-bond acceptors (Lipinski definition) is 17. The van der Waals surface area contributed by atoms with Crippen molar-refractivity contribution in [2.24, 2.45) is 0 Å². The van der Waals surface area contributed by atoms with Crippen LogP contribution >= 0.6 is 0 Å². The van der Waals surface area contributed by atoms with Crippen LogP contribution in [-0.2, 0) is 75.8 Å². The Morgan fingerprint density at radius 3 is 1.21 bits per heavy atom. The first kappa shape index (κ1) is 87.4. The molecule has 5 aromatic heterocycles. The molecule has 0 saturated heterocycles. The van der Waals surface area contributed by atoms with Gasteiger partial charge in [0.15, 0.2) is 28.6 Å². The highest BCUT2D eigenvalue weighted by molar-refractivity contribution is 6.09. The van der Waals surface area contributed by atoms with Gasteiger partial charge in [-0.1, -0.05) is 176 Å². The van der Waals surface area contributed by atoms with Crippen LogP contribution in [0.5, 0.6) is 23.0 Å². The van der Waals surface area contributed by atoms with Crippen molar-refractivity contribution in [3.05, 3.63) is 377 Å². The van der Waals surface area contributed by atoms with E-state index in [4.69, 9.17) is 29.2 Å². The van der Waals surface area contributed by atoms with Gasteiger partial charge >= 0.3 is 23.9 Å². The molecule has 18 aromatic rings. The molecule has 2 aliphatic rings. The second-order valence-electron chi connectivity index (χ2n) is 31.5. The van der Waals surface area contributed by atoms with Gasteiger partial charge in [0, 0.05) is 74.2 Å². The lowest BCUT2D eigenvalue weighted by Crippen LogP contribution is -2.40. The van der Waals surface area contributed by atoms with E-state index >= 15 is 0 Å². The van der Waals surface area contributed by atoms with Crippen LogP contribution in [0.25, 0.3) is 65.3 Å². The number of aromatic nitrogens is 9. The van der Waals surface area contributed by atoms with Gasteiger partial charge in [-0.3, -0.25) is 52.4 Å². The molecular weight excluding hydrogens is 1690 g/mol. The van der Waals surface area contributed by atoms with E-state index < -0.39 is 30.0 Å². The Balaban J connectivity index is 0.000000124. The second kappa shape index (κ2) is 39.7. The predicted molar refractivity (Wildman–Crippen MR) is 503 cm³/mol. The molecule has 13 aromatic carbocycles. The molecule has 7 N–H and O–H groups in total.